The van der Waals surface area contributed by atoms with Gasteiger partial charge in [0.15, 0.2) is 11.5 Å². The molecule has 0 radical (unpaired) electrons. The van der Waals surface area contributed by atoms with Crippen LogP contribution in [0.25, 0.3) is 0 Å². The summed E-state index contributed by atoms with van der Waals surface area (Å²) >= 11 is 0. The molecule has 1 heterocycles. The number of carbonyl (C=O) groups is 1. The van der Waals surface area contributed by atoms with Gasteiger partial charge in [-0.2, -0.15) is 13.2 Å². The van der Waals surface area contributed by atoms with Crippen molar-refractivity contribution >= 4 is 5.91 Å². The lowest BCUT2D eigenvalue weighted by atomic mass is 10.1. The van der Waals surface area contributed by atoms with E-state index in [9.17, 15) is 22.4 Å². The number of nitrogens with one attached hydrogen (secondary N) is 1. The van der Waals surface area contributed by atoms with Crippen molar-refractivity contribution in [3.63, 3.8) is 0 Å². The first-order valence-corrected chi connectivity index (χ1v) is 7.81. The summed E-state index contributed by atoms with van der Waals surface area (Å²) in [6.07, 6.45) is -6.36. The van der Waals surface area contributed by atoms with Crippen LogP contribution < -0.4 is 14.8 Å². The molecule has 1 aliphatic rings. The molecule has 2 atom stereocenters. The highest BCUT2D eigenvalue weighted by Crippen LogP contribution is 2.34. The Bertz CT molecular complexity index is 822. The molecule has 4 nitrogen and oxygen atoms in total. The first-order chi connectivity index (χ1) is 12.3. The highest BCUT2D eigenvalue weighted by atomic mass is 19.4. The second kappa shape index (κ2) is 6.86. The Kier molecular flexibility index (Phi) is 4.76. The van der Waals surface area contributed by atoms with E-state index in [0.717, 1.165) is 12.1 Å². The molecule has 0 unspecified atom stereocenters. The molecule has 1 N–H and O–H groups in total. The maximum absolute atomic E-state index is 13.1. The number of ether oxygens (including phenoxy) is 2. The highest BCUT2D eigenvalue weighted by molar-refractivity contribution is 5.82. The van der Waals surface area contributed by atoms with Gasteiger partial charge in [0.25, 0.3) is 5.91 Å². The Hall–Kier alpha value is -2.77. The minimum absolute atomic E-state index is 0.239. The van der Waals surface area contributed by atoms with Crippen molar-refractivity contribution in [2.45, 2.75) is 31.9 Å². The van der Waals surface area contributed by atoms with Gasteiger partial charge in [-0.3, -0.25) is 4.79 Å². The zero-order valence-electron chi connectivity index (χ0n) is 13.6. The number of halogens is 4. The van der Waals surface area contributed by atoms with Gasteiger partial charge in [0.1, 0.15) is 11.9 Å². The first-order valence-electron chi connectivity index (χ1n) is 7.81. The standard InChI is InChI=1S/C18H15F4NO3/c1-10-16(26-15-5-3-2-4-14(15)25-10)17(24)23-9-11-6-7-12(19)8-13(11)18(20,21)22/h2-8,10,16H,9H2,1H3,(H,23,24)/t10-,16+/m0/s1. The minimum atomic E-state index is -4.72. The molecule has 0 spiro atoms. The molecule has 0 bridgehead atoms. The molecule has 0 saturated heterocycles. The average molecular weight is 369 g/mol. The fraction of sp³-hybridized carbons (Fsp3) is 0.278. The van der Waals surface area contributed by atoms with Gasteiger partial charge in [-0.05, 0) is 36.8 Å². The molecule has 1 aliphatic heterocycles. The molecule has 138 valence electrons. The Balaban J connectivity index is 1.72. The van der Waals surface area contributed by atoms with Gasteiger partial charge >= 0.3 is 6.18 Å². The summed E-state index contributed by atoms with van der Waals surface area (Å²) < 4.78 is 63.4. The molecule has 0 fully saturated rings. The van der Waals surface area contributed by atoms with Gasteiger partial charge in [-0.1, -0.05) is 18.2 Å². The molecular weight excluding hydrogens is 354 g/mol. The lowest BCUT2D eigenvalue weighted by molar-refractivity contribution is -0.139. The number of carbonyl (C=O) groups excluding carboxylic acids is 1. The summed E-state index contributed by atoms with van der Waals surface area (Å²) in [6, 6.07) is 9.09. The van der Waals surface area contributed by atoms with E-state index in [1.165, 1.54) is 0 Å². The lowest BCUT2D eigenvalue weighted by Crippen LogP contribution is -2.48. The number of hydrogen-bond donors (Lipinski definition) is 1. The van der Waals surface area contributed by atoms with Gasteiger partial charge in [0.2, 0.25) is 6.10 Å². The van der Waals surface area contributed by atoms with E-state index >= 15 is 0 Å². The molecule has 3 rings (SSSR count). The van der Waals surface area contributed by atoms with Crippen molar-refractivity contribution in [3.05, 3.63) is 59.4 Å². The predicted molar refractivity (Wildman–Crippen MR) is 84.2 cm³/mol. The third-order valence-corrected chi connectivity index (χ3v) is 3.93. The summed E-state index contributed by atoms with van der Waals surface area (Å²) in [5, 5.41) is 2.40. The number of benzene rings is 2. The molecule has 8 heteroatoms. The second-order valence-corrected chi connectivity index (χ2v) is 5.83. The maximum atomic E-state index is 13.1. The van der Waals surface area contributed by atoms with E-state index in [0.29, 0.717) is 17.6 Å². The van der Waals surface area contributed by atoms with E-state index in [1.807, 2.05) is 0 Å². The fourth-order valence-electron chi connectivity index (χ4n) is 2.66. The monoisotopic (exact) mass is 369 g/mol. The largest absolute Gasteiger partial charge is 0.482 e. The van der Waals surface area contributed by atoms with E-state index in [1.54, 1.807) is 31.2 Å². The molecule has 26 heavy (non-hydrogen) atoms. The van der Waals surface area contributed by atoms with E-state index in [4.69, 9.17) is 9.47 Å². The van der Waals surface area contributed by atoms with Crippen molar-refractivity contribution < 1.29 is 31.8 Å². The smallest absolute Gasteiger partial charge is 0.416 e. The number of fused-ring (bicyclic) bond motifs is 1. The van der Waals surface area contributed by atoms with Crippen LogP contribution in [0.5, 0.6) is 11.5 Å². The van der Waals surface area contributed by atoms with Gasteiger partial charge in [-0.15, -0.1) is 0 Å². The van der Waals surface area contributed by atoms with Crippen LogP contribution in [0, 0.1) is 5.82 Å². The zero-order chi connectivity index (χ0) is 18.9. The van der Waals surface area contributed by atoms with Crippen LogP contribution in [0.4, 0.5) is 17.6 Å². The zero-order valence-corrected chi connectivity index (χ0v) is 13.6. The molecular formula is C18H15F4NO3. The Morgan fingerprint density at radius 1 is 1.12 bits per heavy atom. The van der Waals surface area contributed by atoms with Crippen LogP contribution in [0.1, 0.15) is 18.1 Å². The van der Waals surface area contributed by atoms with Gasteiger partial charge < -0.3 is 14.8 Å². The second-order valence-electron chi connectivity index (χ2n) is 5.83. The summed E-state index contributed by atoms with van der Waals surface area (Å²) in [6.45, 7) is 1.21. The number of amides is 1. The Morgan fingerprint density at radius 2 is 1.77 bits per heavy atom. The SMILES string of the molecule is C[C@@H]1Oc2ccccc2O[C@H]1C(=O)NCc1ccc(F)cc1C(F)(F)F. The average Bonchev–Trinajstić information content (AvgIpc) is 2.59. The van der Waals surface area contributed by atoms with E-state index in [-0.39, 0.29) is 5.56 Å². The Labute approximate surface area is 146 Å². The minimum Gasteiger partial charge on any atom is -0.482 e. The van der Waals surface area contributed by atoms with Gasteiger partial charge in [-0.25, -0.2) is 4.39 Å². The van der Waals surface area contributed by atoms with Crippen LogP contribution in [0.3, 0.4) is 0 Å². The molecule has 2 aromatic carbocycles. The van der Waals surface area contributed by atoms with Crippen molar-refractivity contribution in [1.29, 1.82) is 0 Å². The molecule has 1 amide bonds. The molecule has 2 aromatic rings. The predicted octanol–water partition coefficient (Wildman–Crippen LogP) is 3.69. The molecule has 0 saturated carbocycles. The quantitative estimate of drug-likeness (QED) is 0.840. The third-order valence-electron chi connectivity index (χ3n) is 3.93. The van der Waals surface area contributed by atoms with Crippen molar-refractivity contribution in [3.8, 4) is 11.5 Å². The lowest BCUT2D eigenvalue weighted by Gasteiger charge is -2.31. The maximum Gasteiger partial charge on any atom is 0.416 e. The van der Waals surface area contributed by atoms with Gasteiger partial charge in [0.05, 0.1) is 5.56 Å². The van der Waals surface area contributed by atoms with Crippen LogP contribution in [-0.2, 0) is 17.5 Å². The van der Waals surface area contributed by atoms with E-state index in [2.05, 4.69) is 5.32 Å². The number of hydrogen-bond acceptors (Lipinski definition) is 3. The third kappa shape index (κ3) is 3.74. The summed E-state index contributed by atoms with van der Waals surface area (Å²) in [5.41, 5.74) is -1.37. The summed E-state index contributed by atoms with van der Waals surface area (Å²) in [7, 11) is 0. The van der Waals surface area contributed by atoms with Crippen molar-refractivity contribution in [2.24, 2.45) is 0 Å². The normalized spacial score (nSPS) is 19.1. The number of para-hydroxylation sites is 2. The highest BCUT2D eigenvalue weighted by Gasteiger charge is 2.36. The molecule has 0 aromatic heterocycles. The van der Waals surface area contributed by atoms with Crippen LogP contribution in [0.15, 0.2) is 42.5 Å². The number of rotatable bonds is 3. The van der Waals surface area contributed by atoms with Crippen LogP contribution >= 0.6 is 0 Å². The molecule has 0 aliphatic carbocycles. The van der Waals surface area contributed by atoms with Gasteiger partial charge in [0, 0.05) is 6.54 Å². The summed E-state index contributed by atoms with van der Waals surface area (Å²) in [5.74, 6) is -0.753. The van der Waals surface area contributed by atoms with E-state index < -0.39 is 42.2 Å². The van der Waals surface area contributed by atoms with Crippen molar-refractivity contribution in [2.75, 3.05) is 0 Å². The Morgan fingerprint density at radius 3 is 2.42 bits per heavy atom. The number of alkyl halides is 3. The fourth-order valence-corrected chi connectivity index (χ4v) is 2.66. The van der Waals surface area contributed by atoms with Crippen LogP contribution in [0.2, 0.25) is 0 Å². The first kappa shape index (κ1) is 18.0. The topological polar surface area (TPSA) is 47.6 Å². The van der Waals surface area contributed by atoms with Crippen LogP contribution in [-0.4, -0.2) is 18.1 Å². The van der Waals surface area contributed by atoms with Crippen molar-refractivity contribution in [1.82, 2.24) is 5.32 Å². The summed E-state index contributed by atoms with van der Waals surface area (Å²) in [4.78, 5) is 12.3.